The van der Waals surface area contributed by atoms with E-state index < -0.39 is 0 Å². The Morgan fingerprint density at radius 2 is 2.40 bits per heavy atom. The van der Waals surface area contributed by atoms with Gasteiger partial charge in [0, 0.05) is 12.5 Å². The summed E-state index contributed by atoms with van der Waals surface area (Å²) in [5, 5.41) is 0. The van der Waals surface area contributed by atoms with Crippen molar-refractivity contribution in [1.82, 2.24) is 4.98 Å². The Balaban J connectivity index is 2.17. The Labute approximate surface area is 91.7 Å². The molecule has 1 heterocycles. The van der Waals surface area contributed by atoms with Crippen LogP contribution in [-0.4, -0.2) is 11.0 Å². The molecule has 0 aliphatic heterocycles. The molecular formula is C11H11NO2S. The zero-order valence-corrected chi connectivity index (χ0v) is 9.21. The molecule has 2 aromatic rings. The third kappa shape index (κ3) is 2.33. The van der Waals surface area contributed by atoms with E-state index in [0.29, 0.717) is 12.2 Å². The van der Waals surface area contributed by atoms with Gasteiger partial charge in [0.1, 0.15) is 5.75 Å². The molecule has 0 unspecified atom stereocenters. The third-order valence-electron chi connectivity index (χ3n) is 1.99. The number of esters is 1. The lowest BCUT2D eigenvalue weighted by atomic mass is 10.3. The van der Waals surface area contributed by atoms with Crippen molar-refractivity contribution in [2.45, 2.75) is 19.8 Å². The molecule has 15 heavy (non-hydrogen) atoms. The molecule has 0 bridgehead atoms. The van der Waals surface area contributed by atoms with Crippen molar-refractivity contribution in [3.8, 4) is 5.75 Å². The molecule has 0 N–H and O–H groups in total. The van der Waals surface area contributed by atoms with E-state index in [-0.39, 0.29) is 5.97 Å². The highest BCUT2D eigenvalue weighted by Crippen LogP contribution is 2.23. The van der Waals surface area contributed by atoms with Gasteiger partial charge in [-0.05, 0) is 18.6 Å². The van der Waals surface area contributed by atoms with Crippen molar-refractivity contribution in [3.63, 3.8) is 0 Å². The molecule has 0 aliphatic rings. The summed E-state index contributed by atoms with van der Waals surface area (Å²) in [7, 11) is 0. The van der Waals surface area contributed by atoms with E-state index in [4.69, 9.17) is 4.74 Å². The van der Waals surface area contributed by atoms with Gasteiger partial charge >= 0.3 is 5.97 Å². The van der Waals surface area contributed by atoms with E-state index in [9.17, 15) is 4.79 Å². The first-order chi connectivity index (χ1) is 7.29. The van der Waals surface area contributed by atoms with Gasteiger partial charge in [-0.2, -0.15) is 0 Å². The lowest BCUT2D eigenvalue weighted by molar-refractivity contribution is -0.134. The van der Waals surface area contributed by atoms with Crippen LogP contribution in [0.25, 0.3) is 10.2 Å². The number of hydrogen-bond acceptors (Lipinski definition) is 4. The van der Waals surface area contributed by atoms with Gasteiger partial charge in [0.2, 0.25) is 0 Å². The summed E-state index contributed by atoms with van der Waals surface area (Å²) in [6, 6.07) is 5.48. The fraction of sp³-hybridized carbons (Fsp3) is 0.273. The summed E-state index contributed by atoms with van der Waals surface area (Å²) in [5.74, 6) is 0.423. The smallest absolute Gasteiger partial charge is 0.311 e. The summed E-state index contributed by atoms with van der Waals surface area (Å²) >= 11 is 1.54. The van der Waals surface area contributed by atoms with E-state index >= 15 is 0 Å². The van der Waals surface area contributed by atoms with Crippen LogP contribution in [0, 0.1) is 0 Å². The van der Waals surface area contributed by atoms with Gasteiger partial charge in [-0.3, -0.25) is 4.79 Å². The largest absolute Gasteiger partial charge is 0.426 e. The molecule has 78 valence electrons. The summed E-state index contributed by atoms with van der Waals surface area (Å²) in [6.45, 7) is 1.95. The first-order valence-corrected chi connectivity index (χ1v) is 5.71. The SMILES string of the molecule is CCCC(=O)Oc1ccc2ncsc2c1. The summed E-state index contributed by atoms with van der Waals surface area (Å²) in [6.07, 6.45) is 1.27. The predicted octanol–water partition coefficient (Wildman–Crippen LogP) is 3.00. The lowest BCUT2D eigenvalue weighted by Gasteiger charge is -2.02. The number of rotatable bonds is 3. The average molecular weight is 221 g/mol. The maximum absolute atomic E-state index is 11.3. The topological polar surface area (TPSA) is 39.2 Å². The van der Waals surface area contributed by atoms with E-state index in [1.165, 1.54) is 11.3 Å². The van der Waals surface area contributed by atoms with Crippen LogP contribution in [0.5, 0.6) is 5.75 Å². The molecule has 0 amide bonds. The van der Waals surface area contributed by atoms with Crippen LogP contribution in [0.1, 0.15) is 19.8 Å². The number of carbonyl (C=O) groups is 1. The highest BCUT2D eigenvalue weighted by atomic mass is 32.1. The Kier molecular flexibility index (Phi) is 2.97. The Morgan fingerprint density at radius 3 is 3.20 bits per heavy atom. The van der Waals surface area contributed by atoms with Crippen molar-refractivity contribution in [1.29, 1.82) is 0 Å². The van der Waals surface area contributed by atoms with Gasteiger partial charge in [0.25, 0.3) is 0 Å². The van der Waals surface area contributed by atoms with Crippen molar-refractivity contribution in [3.05, 3.63) is 23.7 Å². The molecule has 0 atom stereocenters. The zero-order chi connectivity index (χ0) is 10.7. The molecule has 0 saturated heterocycles. The molecular weight excluding hydrogens is 210 g/mol. The minimum atomic E-state index is -0.179. The zero-order valence-electron chi connectivity index (χ0n) is 8.40. The number of thiazole rings is 1. The maximum Gasteiger partial charge on any atom is 0.311 e. The van der Waals surface area contributed by atoms with Gasteiger partial charge in [-0.15, -0.1) is 11.3 Å². The lowest BCUT2D eigenvalue weighted by Crippen LogP contribution is -2.06. The second-order valence-electron chi connectivity index (χ2n) is 3.21. The summed E-state index contributed by atoms with van der Waals surface area (Å²) in [4.78, 5) is 15.4. The van der Waals surface area contributed by atoms with Crippen LogP contribution in [-0.2, 0) is 4.79 Å². The van der Waals surface area contributed by atoms with E-state index in [0.717, 1.165) is 16.6 Å². The number of ether oxygens (including phenoxy) is 1. The standard InChI is InChI=1S/C11H11NO2S/c1-2-3-11(13)14-8-4-5-9-10(6-8)15-7-12-9/h4-7H,2-3H2,1H3. The van der Waals surface area contributed by atoms with Crippen molar-refractivity contribution in [2.75, 3.05) is 0 Å². The second-order valence-corrected chi connectivity index (χ2v) is 4.09. The van der Waals surface area contributed by atoms with Gasteiger partial charge < -0.3 is 4.74 Å². The van der Waals surface area contributed by atoms with Crippen LogP contribution in [0.15, 0.2) is 23.7 Å². The van der Waals surface area contributed by atoms with Gasteiger partial charge in [-0.1, -0.05) is 6.92 Å². The monoisotopic (exact) mass is 221 g/mol. The van der Waals surface area contributed by atoms with Crippen molar-refractivity contribution in [2.24, 2.45) is 0 Å². The molecule has 1 aromatic heterocycles. The van der Waals surface area contributed by atoms with Gasteiger partial charge in [-0.25, -0.2) is 4.98 Å². The molecule has 2 rings (SSSR count). The Hall–Kier alpha value is -1.42. The number of benzene rings is 1. The Bertz CT molecular complexity index is 478. The van der Waals surface area contributed by atoms with Gasteiger partial charge in [0.05, 0.1) is 15.7 Å². The van der Waals surface area contributed by atoms with Crippen molar-refractivity contribution >= 4 is 27.5 Å². The summed E-state index contributed by atoms with van der Waals surface area (Å²) in [5.41, 5.74) is 2.72. The molecule has 0 fully saturated rings. The molecule has 0 aliphatic carbocycles. The third-order valence-corrected chi connectivity index (χ3v) is 2.78. The highest BCUT2D eigenvalue weighted by Gasteiger charge is 2.04. The highest BCUT2D eigenvalue weighted by molar-refractivity contribution is 7.16. The minimum Gasteiger partial charge on any atom is -0.426 e. The van der Waals surface area contributed by atoms with E-state index in [1.807, 2.05) is 19.1 Å². The first kappa shape index (κ1) is 10.1. The number of aromatic nitrogens is 1. The molecule has 1 aromatic carbocycles. The number of fused-ring (bicyclic) bond motifs is 1. The Morgan fingerprint density at radius 1 is 1.53 bits per heavy atom. The average Bonchev–Trinajstić information content (AvgIpc) is 2.65. The minimum absolute atomic E-state index is 0.179. The summed E-state index contributed by atoms with van der Waals surface area (Å²) < 4.78 is 6.21. The van der Waals surface area contributed by atoms with E-state index in [1.54, 1.807) is 11.6 Å². The fourth-order valence-corrected chi connectivity index (χ4v) is 1.99. The quantitative estimate of drug-likeness (QED) is 0.590. The number of nitrogens with zero attached hydrogens (tertiary/aromatic N) is 1. The predicted molar refractivity (Wildman–Crippen MR) is 60.2 cm³/mol. The van der Waals surface area contributed by atoms with Crippen molar-refractivity contribution < 1.29 is 9.53 Å². The first-order valence-electron chi connectivity index (χ1n) is 4.83. The molecule has 4 heteroatoms. The van der Waals surface area contributed by atoms with Crippen LogP contribution in [0.4, 0.5) is 0 Å². The number of carbonyl (C=O) groups excluding carboxylic acids is 1. The van der Waals surface area contributed by atoms with Crippen LogP contribution >= 0.6 is 11.3 Å². The van der Waals surface area contributed by atoms with Gasteiger partial charge in [0.15, 0.2) is 0 Å². The van der Waals surface area contributed by atoms with Crippen LogP contribution < -0.4 is 4.74 Å². The van der Waals surface area contributed by atoms with E-state index in [2.05, 4.69) is 4.98 Å². The number of hydrogen-bond donors (Lipinski definition) is 0. The van der Waals surface area contributed by atoms with Crippen LogP contribution in [0.3, 0.4) is 0 Å². The normalized spacial score (nSPS) is 10.5. The molecule has 0 radical (unpaired) electrons. The molecule has 0 spiro atoms. The maximum atomic E-state index is 11.3. The second kappa shape index (κ2) is 4.40. The fourth-order valence-electron chi connectivity index (χ4n) is 1.29. The molecule has 0 saturated carbocycles. The van der Waals surface area contributed by atoms with Crippen LogP contribution in [0.2, 0.25) is 0 Å². The molecule has 3 nitrogen and oxygen atoms in total.